The number of aliphatic hydroxyl groups excluding tert-OH is 1. The Labute approximate surface area is 161 Å². The van der Waals surface area contributed by atoms with Gasteiger partial charge < -0.3 is 20.1 Å². The van der Waals surface area contributed by atoms with Gasteiger partial charge in [-0.05, 0) is 12.8 Å². The Bertz CT molecular complexity index is 460. The zero-order valence-corrected chi connectivity index (χ0v) is 17.2. The second kappa shape index (κ2) is 16.0. The number of carbonyl (C=O) groups is 2. The molecule has 0 heterocycles. The molecule has 2 unspecified atom stereocenters. The van der Waals surface area contributed by atoms with Crippen molar-refractivity contribution in [1.82, 2.24) is 5.32 Å². The highest BCUT2D eigenvalue weighted by Gasteiger charge is 2.23. The molecule has 0 bridgehead atoms. The molecular formula is C17H34NO8P. The first kappa shape index (κ1) is 26.0. The van der Waals surface area contributed by atoms with E-state index in [1.165, 1.54) is 0 Å². The number of amides is 1. The maximum absolute atomic E-state index is 11.7. The molecule has 0 saturated carbocycles. The zero-order valence-electron chi connectivity index (χ0n) is 16.4. The average molecular weight is 411 g/mol. The van der Waals surface area contributed by atoms with Gasteiger partial charge in [-0.1, -0.05) is 39.5 Å². The van der Waals surface area contributed by atoms with E-state index in [2.05, 4.69) is 16.8 Å². The molecule has 27 heavy (non-hydrogen) atoms. The first-order chi connectivity index (χ1) is 12.8. The smallest absolute Gasteiger partial charge is 0.463 e. The molecule has 0 aromatic carbocycles. The summed E-state index contributed by atoms with van der Waals surface area (Å²) >= 11 is 0. The summed E-state index contributed by atoms with van der Waals surface area (Å²) < 4.78 is 25.8. The molecule has 0 spiro atoms. The third-order valence-electron chi connectivity index (χ3n) is 3.51. The van der Waals surface area contributed by atoms with Crippen LogP contribution < -0.4 is 5.32 Å². The minimum Gasteiger partial charge on any atom is -0.463 e. The normalized spacial score (nSPS) is 14.4. The lowest BCUT2D eigenvalue weighted by Crippen LogP contribution is -2.27. The Morgan fingerprint density at radius 3 is 2.37 bits per heavy atom. The van der Waals surface area contributed by atoms with Gasteiger partial charge in [0.15, 0.2) is 0 Å². The molecule has 0 aromatic heterocycles. The van der Waals surface area contributed by atoms with Gasteiger partial charge in [0.1, 0.15) is 12.7 Å². The maximum atomic E-state index is 11.7. The van der Waals surface area contributed by atoms with E-state index >= 15 is 0 Å². The van der Waals surface area contributed by atoms with Crippen LogP contribution in [0.2, 0.25) is 0 Å². The van der Waals surface area contributed by atoms with Crippen molar-refractivity contribution in [3.8, 4) is 0 Å². The minimum absolute atomic E-state index is 0.0822. The fraction of sp³-hybridized carbons (Fsp3) is 0.882. The summed E-state index contributed by atoms with van der Waals surface area (Å²) in [5.41, 5.74) is 0. The number of carbonyl (C=O) groups excluding carboxylic acids is 2. The van der Waals surface area contributed by atoms with Crippen LogP contribution in [-0.2, 0) is 27.9 Å². The fourth-order valence-corrected chi connectivity index (χ4v) is 2.82. The summed E-state index contributed by atoms with van der Waals surface area (Å²) in [6.07, 6.45) is 5.29. The molecule has 9 nitrogen and oxygen atoms in total. The summed E-state index contributed by atoms with van der Waals surface area (Å²) in [4.78, 5) is 32.2. The van der Waals surface area contributed by atoms with E-state index in [4.69, 9.17) is 9.26 Å². The summed E-state index contributed by atoms with van der Waals surface area (Å²) in [5, 5.41) is 12.2. The van der Waals surface area contributed by atoms with Gasteiger partial charge in [0, 0.05) is 19.4 Å². The predicted octanol–water partition coefficient (Wildman–Crippen LogP) is 2.30. The van der Waals surface area contributed by atoms with Gasteiger partial charge in [0.05, 0.1) is 13.2 Å². The lowest BCUT2D eigenvalue weighted by molar-refractivity contribution is -0.147. The average Bonchev–Trinajstić information content (AvgIpc) is 2.62. The van der Waals surface area contributed by atoms with Crippen LogP contribution in [0.25, 0.3) is 0 Å². The van der Waals surface area contributed by atoms with Gasteiger partial charge >= 0.3 is 13.8 Å². The number of phosphoric ester groups is 1. The monoisotopic (exact) mass is 411 g/mol. The van der Waals surface area contributed by atoms with Crippen molar-refractivity contribution >= 4 is 19.7 Å². The molecule has 0 aliphatic heterocycles. The van der Waals surface area contributed by atoms with Crippen LogP contribution in [0.15, 0.2) is 0 Å². The van der Waals surface area contributed by atoms with Crippen molar-refractivity contribution in [3.63, 3.8) is 0 Å². The number of aliphatic hydroxyl groups is 1. The van der Waals surface area contributed by atoms with Crippen molar-refractivity contribution in [2.75, 3.05) is 26.4 Å². The number of rotatable bonds is 17. The highest BCUT2D eigenvalue weighted by molar-refractivity contribution is 7.47. The van der Waals surface area contributed by atoms with Gasteiger partial charge in [-0.3, -0.25) is 18.6 Å². The Balaban J connectivity index is 3.76. The minimum atomic E-state index is -4.35. The fourth-order valence-electron chi connectivity index (χ4n) is 2.06. The molecule has 0 aliphatic carbocycles. The zero-order chi connectivity index (χ0) is 20.5. The summed E-state index contributed by atoms with van der Waals surface area (Å²) in [6.45, 7) is 2.98. The van der Waals surface area contributed by atoms with Crippen LogP contribution >= 0.6 is 7.82 Å². The third kappa shape index (κ3) is 16.9. The molecule has 10 heteroatoms. The Morgan fingerprint density at radius 2 is 1.70 bits per heavy atom. The number of ether oxygens (including phenoxy) is 1. The largest absolute Gasteiger partial charge is 0.472 e. The van der Waals surface area contributed by atoms with E-state index in [9.17, 15) is 24.2 Å². The van der Waals surface area contributed by atoms with Gasteiger partial charge in [0.2, 0.25) is 5.91 Å². The molecule has 0 radical (unpaired) electrons. The lowest BCUT2D eigenvalue weighted by Gasteiger charge is -2.15. The number of nitrogens with one attached hydrogen (secondary N) is 1. The van der Waals surface area contributed by atoms with Crippen molar-refractivity contribution in [1.29, 1.82) is 0 Å². The number of phosphoric acid groups is 1. The lowest BCUT2D eigenvalue weighted by atomic mass is 10.1. The topological polar surface area (TPSA) is 131 Å². The van der Waals surface area contributed by atoms with Crippen LogP contribution in [-0.4, -0.2) is 54.3 Å². The van der Waals surface area contributed by atoms with Gasteiger partial charge in [-0.25, -0.2) is 4.57 Å². The summed E-state index contributed by atoms with van der Waals surface area (Å²) in [6, 6.07) is 0. The van der Waals surface area contributed by atoms with Crippen molar-refractivity contribution in [2.24, 2.45) is 0 Å². The first-order valence-corrected chi connectivity index (χ1v) is 11.0. The standard InChI is InChI=1S/C17H34NO8P/c1-3-5-6-7-8-10-16(20)18-11-12-25-27(22,23)26-14-15(19)13-24-17(21)9-4-2/h15,19H,3-14H2,1-2H3,(H,18,20)(H,22,23). The molecule has 0 fully saturated rings. The third-order valence-corrected chi connectivity index (χ3v) is 4.49. The first-order valence-electron chi connectivity index (χ1n) is 9.53. The van der Waals surface area contributed by atoms with Crippen LogP contribution in [0.3, 0.4) is 0 Å². The van der Waals surface area contributed by atoms with Gasteiger partial charge in [-0.15, -0.1) is 0 Å². The summed E-state index contributed by atoms with van der Waals surface area (Å²) in [7, 11) is -4.35. The van der Waals surface area contributed by atoms with Gasteiger partial charge in [-0.2, -0.15) is 0 Å². The molecule has 0 saturated heterocycles. The van der Waals surface area contributed by atoms with E-state index in [1.807, 2.05) is 6.92 Å². The van der Waals surface area contributed by atoms with Gasteiger partial charge in [0.25, 0.3) is 0 Å². The van der Waals surface area contributed by atoms with Crippen LogP contribution in [0.5, 0.6) is 0 Å². The van der Waals surface area contributed by atoms with E-state index in [-0.39, 0.29) is 32.1 Å². The van der Waals surface area contributed by atoms with E-state index in [1.54, 1.807) is 0 Å². The number of hydrogen-bond acceptors (Lipinski definition) is 7. The molecular weight excluding hydrogens is 377 g/mol. The molecule has 3 N–H and O–H groups in total. The summed E-state index contributed by atoms with van der Waals surface area (Å²) in [5.74, 6) is -0.589. The van der Waals surface area contributed by atoms with Crippen molar-refractivity contribution in [2.45, 2.75) is 71.3 Å². The highest BCUT2D eigenvalue weighted by atomic mass is 31.2. The number of esters is 1. The van der Waals surface area contributed by atoms with Crippen molar-refractivity contribution in [3.05, 3.63) is 0 Å². The highest BCUT2D eigenvalue weighted by Crippen LogP contribution is 2.42. The Hall–Kier alpha value is -0.990. The second-order valence-electron chi connectivity index (χ2n) is 6.20. The molecule has 1 amide bonds. The van der Waals surface area contributed by atoms with E-state index < -0.39 is 26.5 Å². The SMILES string of the molecule is CCCCCCCC(=O)NCCOP(=O)(O)OCC(O)COC(=O)CCC. The van der Waals surface area contributed by atoms with E-state index in [0.29, 0.717) is 12.8 Å². The van der Waals surface area contributed by atoms with E-state index in [0.717, 1.165) is 32.1 Å². The van der Waals surface area contributed by atoms with Crippen LogP contribution in [0.1, 0.15) is 65.2 Å². The van der Waals surface area contributed by atoms with Crippen LogP contribution in [0.4, 0.5) is 0 Å². The number of unbranched alkanes of at least 4 members (excludes halogenated alkanes) is 4. The quantitative estimate of drug-likeness (QED) is 0.189. The van der Waals surface area contributed by atoms with Crippen molar-refractivity contribution < 1.29 is 37.9 Å². The molecule has 0 aromatic rings. The second-order valence-corrected chi connectivity index (χ2v) is 7.65. The maximum Gasteiger partial charge on any atom is 0.472 e. The Morgan fingerprint density at radius 1 is 1.00 bits per heavy atom. The number of hydrogen-bond donors (Lipinski definition) is 3. The molecule has 160 valence electrons. The molecule has 2 atom stereocenters. The molecule has 0 rings (SSSR count). The molecule has 0 aliphatic rings. The van der Waals surface area contributed by atoms with Crippen LogP contribution in [0, 0.1) is 0 Å². The predicted molar refractivity (Wildman–Crippen MR) is 100.0 cm³/mol. The Kier molecular flexibility index (Phi) is 15.4.